The Morgan fingerprint density at radius 1 is 1.33 bits per heavy atom. The van der Waals surface area contributed by atoms with E-state index in [1.165, 1.54) is 25.7 Å². The van der Waals surface area contributed by atoms with Gasteiger partial charge in [0, 0.05) is 13.1 Å². The van der Waals surface area contributed by atoms with E-state index in [9.17, 15) is 4.79 Å². The van der Waals surface area contributed by atoms with E-state index in [-0.39, 0.29) is 5.91 Å². The number of nitrogens with one attached hydrogen (secondary N) is 1. The summed E-state index contributed by atoms with van der Waals surface area (Å²) >= 11 is 0. The van der Waals surface area contributed by atoms with Crippen molar-refractivity contribution < 1.29 is 4.79 Å². The Labute approximate surface area is 93.2 Å². The maximum absolute atomic E-state index is 11.6. The third-order valence-electron chi connectivity index (χ3n) is 3.06. The lowest BCUT2D eigenvalue weighted by Gasteiger charge is -2.18. The molecule has 3 heteroatoms. The van der Waals surface area contributed by atoms with Crippen LogP contribution in [0.4, 0.5) is 0 Å². The first-order valence-electron chi connectivity index (χ1n) is 6.26. The first-order valence-corrected chi connectivity index (χ1v) is 6.26. The Bertz CT molecular complexity index is 186. The van der Waals surface area contributed by atoms with Crippen molar-refractivity contribution in [1.82, 2.24) is 10.2 Å². The van der Waals surface area contributed by atoms with Gasteiger partial charge in [0.15, 0.2) is 0 Å². The molecule has 0 radical (unpaired) electrons. The first-order chi connectivity index (χ1) is 7.27. The van der Waals surface area contributed by atoms with Crippen LogP contribution in [0.25, 0.3) is 0 Å². The van der Waals surface area contributed by atoms with E-state index in [2.05, 4.69) is 5.32 Å². The van der Waals surface area contributed by atoms with Gasteiger partial charge < -0.3 is 10.2 Å². The molecule has 0 atom stereocenters. The van der Waals surface area contributed by atoms with Gasteiger partial charge in [0.25, 0.3) is 0 Å². The minimum absolute atomic E-state index is 0.228. The summed E-state index contributed by atoms with van der Waals surface area (Å²) in [6.07, 6.45) is 5.42. The third kappa shape index (κ3) is 5.17. The molecular formula is C12H24N2O. The molecule has 1 saturated carbocycles. The Morgan fingerprint density at radius 3 is 2.53 bits per heavy atom. The van der Waals surface area contributed by atoms with E-state index in [0.29, 0.717) is 6.54 Å². The number of hydrogen-bond donors (Lipinski definition) is 1. The molecule has 1 rings (SSSR count). The topological polar surface area (TPSA) is 32.3 Å². The van der Waals surface area contributed by atoms with Crippen molar-refractivity contribution in [3.8, 4) is 0 Å². The summed E-state index contributed by atoms with van der Waals surface area (Å²) in [4.78, 5) is 13.4. The highest BCUT2D eigenvalue weighted by molar-refractivity contribution is 5.78. The van der Waals surface area contributed by atoms with Crippen LogP contribution in [0.5, 0.6) is 0 Å². The molecule has 88 valence electrons. The van der Waals surface area contributed by atoms with Crippen molar-refractivity contribution >= 4 is 5.91 Å². The molecule has 1 amide bonds. The molecule has 3 nitrogen and oxygen atoms in total. The number of carbonyl (C=O) groups is 1. The molecule has 1 aliphatic rings. The van der Waals surface area contributed by atoms with Crippen molar-refractivity contribution in [2.24, 2.45) is 5.92 Å². The molecule has 0 spiro atoms. The van der Waals surface area contributed by atoms with E-state index in [4.69, 9.17) is 0 Å². The van der Waals surface area contributed by atoms with Crippen LogP contribution in [0.15, 0.2) is 0 Å². The average Bonchev–Trinajstić information content (AvgIpc) is 3.03. The smallest absolute Gasteiger partial charge is 0.236 e. The van der Waals surface area contributed by atoms with E-state index in [0.717, 1.165) is 25.6 Å². The fraction of sp³-hybridized carbons (Fsp3) is 0.917. The van der Waals surface area contributed by atoms with Crippen molar-refractivity contribution in [3.05, 3.63) is 0 Å². The van der Waals surface area contributed by atoms with Crippen LogP contribution in [-0.4, -0.2) is 37.0 Å². The lowest BCUT2D eigenvalue weighted by atomic mass is 10.2. The molecule has 0 aliphatic heterocycles. The van der Waals surface area contributed by atoms with E-state index in [1.807, 2.05) is 18.7 Å². The summed E-state index contributed by atoms with van der Waals surface area (Å²) in [6, 6.07) is 0. The number of hydrogen-bond acceptors (Lipinski definition) is 2. The van der Waals surface area contributed by atoms with Gasteiger partial charge in [-0.1, -0.05) is 12.8 Å². The Kier molecular flexibility index (Phi) is 5.69. The highest BCUT2D eigenvalue weighted by atomic mass is 16.2. The second-order valence-electron chi connectivity index (χ2n) is 4.33. The zero-order valence-electron chi connectivity index (χ0n) is 10.1. The summed E-state index contributed by atoms with van der Waals surface area (Å²) in [7, 11) is 0. The van der Waals surface area contributed by atoms with Crippen LogP contribution >= 0.6 is 0 Å². The summed E-state index contributed by atoms with van der Waals surface area (Å²) in [6.45, 7) is 7.18. The fourth-order valence-electron chi connectivity index (χ4n) is 1.81. The minimum atomic E-state index is 0.228. The van der Waals surface area contributed by atoms with Gasteiger partial charge in [0.05, 0.1) is 6.54 Å². The van der Waals surface area contributed by atoms with Crippen LogP contribution in [0.1, 0.15) is 39.5 Å². The van der Waals surface area contributed by atoms with E-state index in [1.54, 1.807) is 0 Å². The summed E-state index contributed by atoms with van der Waals surface area (Å²) in [5.41, 5.74) is 0. The molecule has 1 aliphatic carbocycles. The molecule has 15 heavy (non-hydrogen) atoms. The molecular weight excluding hydrogens is 188 g/mol. The number of nitrogens with zero attached hydrogens (tertiary/aromatic N) is 1. The molecule has 0 saturated heterocycles. The zero-order chi connectivity index (χ0) is 11.1. The van der Waals surface area contributed by atoms with Crippen molar-refractivity contribution in [3.63, 3.8) is 0 Å². The molecule has 1 N–H and O–H groups in total. The van der Waals surface area contributed by atoms with Crippen molar-refractivity contribution in [2.45, 2.75) is 39.5 Å². The van der Waals surface area contributed by atoms with E-state index >= 15 is 0 Å². The second kappa shape index (κ2) is 6.83. The number of rotatable bonds is 8. The highest BCUT2D eigenvalue weighted by Crippen LogP contribution is 2.33. The van der Waals surface area contributed by atoms with Crippen LogP contribution in [0, 0.1) is 5.92 Å². The molecule has 0 aromatic carbocycles. The SMILES string of the molecule is CCN(CC)C(=O)CNCCCC1CC1. The van der Waals surface area contributed by atoms with Gasteiger partial charge in [0.1, 0.15) is 0 Å². The van der Waals surface area contributed by atoms with Gasteiger partial charge in [-0.3, -0.25) is 4.79 Å². The summed E-state index contributed by atoms with van der Waals surface area (Å²) < 4.78 is 0. The minimum Gasteiger partial charge on any atom is -0.342 e. The van der Waals surface area contributed by atoms with Crippen LogP contribution in [0.2, 0.25) is 0 Å². The van der Waals surface area contributed by atoms with Gasteiger partial charge >= 0.3 is 0 Å². The monoisotopic (exact) mass is 212 g/mol. The molecule has 1 fully saturated rings. The van der Waals surface area contributed by atoms with Gasteiger partial charge in [0.2, 0.25) is 5.91 Å². The van der Waals surface area contributed by atoms with Gasteiger partial charge in [-0.15, -0.1) is 0 Å². The predicted molar refractivity (Wildman–Crippen MR) is 62.8 cm³/mol. The van der Waals surface area contributed by atoms with Crippen LogP contribution in [0.3, 0.4) is 0 Å². The maximum atomic E-state index is 11.6. The number of likely N-dealkylation sites (N-methyl/N-ethyl adjacent to an activating group) is 1. The quantitative estimate of drug-likeness (QED) is 0.620. The number of amides is 1. The highest BCUT2D eigenvalue weighted by Gasteiger charge is 2.19. The Hall–Kier alpha value is -0.570. The lowest BCUT2D eigenvalue weighted by molar-refractivity contribution is -0.129. The first kappa shape index (κ1) is 12.5. The standard InChI is InChI=1S/C12H24N2O/c1-3-14(4-2)12(15)10-13-9-5-6-11-7-8-11/h11,13H,3-10H2,1-2H3. The van der Waals surface area contributed by atoms with Crippen molar-refractivity contribution in [2.75, 3.05) is 26.2 Å². The van der Waals surface area contributed by atoms with Crippen molar-refractivity contribution in [1.29, 1.82) is 0 Å². The lowest BCUT2D eigenvalue weighted by Crippen LogP contribution is -2.38. The number of carbonyl (C=O) groups excluding carboxylic acids is 1. The van der Waals surface area contributed by atoms with Crippen LogP contribution < -0.4 is 5.32 Å². The van der Waals surface area contributed by atoms with Gasteiger partial charge in [-0.2, -0.15) is 0 Å². The normalized spacial score (nSPS) is 15.3. The third-order valence-corrected chi connectivity index (χ3v) is 3.06. The molecule has 0 heterocycles. The average molecular weight is 212 g/mol. The largest absolute Gasteiger partial charge is 0.342 e. The molecule has 0 aromatic rings. The molecule has 0 unspecified atom stereocenters. The summed E-state index contributed by atoms with van der Waals surface area (Å²) in [5, 5.41) is 3.23. The summed E-state index contributed by atoms with van der Waals surface area (Å²) in [5.74, 6) is 1.23. The second-order valence-corrected chi connectivity index (χ2v) is 4.33. The van der Waals surface area contributed by atoms with Gasteiger partial charge in [-0.25, -0.2) is 0 Å². The maximum Gasteiger partial charge on any atom is 0.236 e. The van der Waals surface area contributed by atoms with Crippen LogP contribution in [-0.2, 0) is 4.79 Å². The van der Waals surface area contributed by atoms with E-state index < -0.39 is 0 Å². The molecule has 0 aromatic heterocycles. The Morgan fingerprint density at radius 2 is 2.00 bits per heavy atom. The zero-order valence-corrected chi connectivity index (χ0v) is 10.1. The van der Waals surface area contributed by atoms with Gasteiger partial charge in [-0.05, 0) is 39.2 Å². The molecule has 0 bridgehead atoms. The predicted octanol–water partition coefficient (Wildman–Crippen LogP) is 1.63. The fourth-order valence-corrected chi connectivity index (χ4v) is 1.81. The Balaban J connectivity index is 1.94.